The van der Waals surface area contributed by atoms with Crippen molar-refractivity contribution in [3.63, 3.8) is 0 Å². The number of methoxy groups -OCH3 is 2. The van der Waals surface area contributed by atoms with Crippen molar-refractivity contribution in [3.8, 4) is 11.5 Å². The Morgan fingerprint density at radius 2 is 2.07 bits per heavy atom. The molecule has 0 spiro atoms. The summed E-state index contributed by atoms with van der Waals surface area (Å²) in [5, 5.41) is 10.1. The van der Waals surface area contributed by atoms with E-state index in [9.17, 15) is 9.59 Å². The SMILES string of the molecule is CCCCCNC(=O)c1n[nH]c2c1CN(C(=O)Cc1cc(OC)ccc1OC)CC2. The zero-order chi connectivity index (χ0) is 21.5. The maximum Gasteiger partial charge on any atom is 0.272 e. The Bertz CT molecular complexity index is 893. The van der Waals surface area contributed by atoms with Gasteiger partial charge < -0.3 is 19.7 Å². The molecule has 0 radical (unpaired) electrons. The van der Waals surface area contributed by atoms with Crippen molar-refractivity contribution in [1.82, 2.24) is 20.4 Å². The smallest absolute Gasteiger partial charge is 0.272 e. The van der Waals surface area contributed by atoms with E-state index in [-0.39, 0.29) is 18.2 Å². The van der Waals surface area contributed by atoms with Gasteiger partial charge in [-0.25, -0.2) is 0 Å². The van der Waals surface area contributed by atoms with E-state index in [1.807, 2.05) is 6.07 Å². The molecular formula is C22H30N4O4. The minimum absolute atomic E-state index is 0.0253. The molecule has 2 N–H and O–H groups in total. The molecule has 30 heavy (non-hydrogen) atoms. The van der Waals surface area contributed by atoms with Crippen LogP contribution in [0.5, 0.6) is 11.5 Å². The fourth-order valence-electron chi connectivity index (χ4n) is 3.65. The molecular weight excluding hydrogens is 384 g/mol. The lowest BCUT2D eigenvalue weighted by Crippen LogP contribution is -2.37. The topological polar surface area (TPSA) is 96.6 Å². The summed E-state index contributed by atoms with van der Waals surface area (Å²) >= 11 is 0. The quantitative estimate of drug-likeness (QED) is 0.615. The third-order valence-corrected chi connectivity index (χ3v) is 5.40. The van der Waals surface area contributed by atoms with E-state index in [2.05, 4.69) is 22.4 Å². The van der Waals surface area contributed by atoms with E-state index in [0.717, 1.165) is 36.1 Å². The van der Waals surface area contributed by atoms with Gasteiger partial charge in [-0.1, -0.05) is 19.8 Å². The first kappa shape index (κ1) is 21.7. The third-order valence-electron chi connectivity index (χ3n) is 5.40. The van der Waals surface area contributed by atoms with E-state index < -0.39 is 0 Å². The molecule has 1 aliphatic rings. The molecule has 162 valence electrons. The molecule has 2 heterocycles. The lowest BCUT2D eigenvalue weighted by molar-refractivity contribution is -0.131. The van der Waals surface area contributed by atoms with Crippen LogP contribution in [0.2, 0.25) is 0 Å². The van der Waals surface area contributed by atoms with Gasteiger partial charge in [-0.05, 0) is 24.6 Å². The van der Waals surface area contributed by atoms with Crippen LogP contribution in [-0.4, -0.2) is 54.2 Å². The highest BCUT2D eigenvalue weighted by Gasteiger charge is 2.28. The number of carbonyl (C=O) groups excluding carboxylic acids is 2. The molecule has 2 amide bonds. The van der Waals surface area contributed by atoms with Crippen molar-refractivity contribution in [2.24, 2.45) is 0 Å². The summed E-state index contributed by atoms with van der Waals surface area (Å²) in [6.07, 6.45) is 3.97. The summed E-state index contributed by atoms with van der Waals surface area (Å²) in [7, 11) is 3.17. The average molecular weight is 415 g/mol. The van der Waals surface area contributed by atoms with Gasteiger partial charge in [0, 0.05) is 42.9 Å². The second kappa shape index (κ2) is 10.1. The molecule has 0 atom stereocenters. The number of benzene rings is 1. The molecule has 0 saturated carbocycles. The van der Waals surface area contributed by atoms with Crippen molar-refractivity contribution >= 4 is 11.8 Å². The summed E-state index contributed by atoms with van der Waals surface area (Å²) in [5.74, 6) is 1.11. The van der Waals surface area contributed by atoms with Gasteiger partial charge in [0.05, 0.1) is 20.6 Å². The largest absolute Gasteiger partial charge is 0.497 e. The molecule has 3 rings (SSSR count). The molecule has 0 fully saturated rings. The van der Waals surface area contributed by atoms with Crippen LogP contribution in [0.1, 0.15) is 53.5 Å². The maximum atomic E-state index is 13.0. The number of hydrogen-bond acceptors (Lipinski definition) is 5. The first-order valence-electron chi connectivity index (χ1n) is 10.4. The maximum absolute atomic E-state index is 13.0. The highest BCUT2D eigenvalue weighted by Crippen LogP contribution is 2.26. The number of H-pyrrole nitrogens is 1. The monoisotopic (exact) mass is 414 g/mol. The number of fused-ring (bicyclic) bond motifs is 1. The van der Waals surface area contributed by atoms with Crippen molar-refractivity contribution in [3.05, 3.63) is 40.7 Å². The Balaban J connectivity index is 1.68. The number of rotatable bonds is 9. The molecule has 2 aromatic rings. The number of ether oxygens (including phenoxy) is 2. The molecule has 0 saturated heterocycles. The van der Waals surface area contributed by atoms with E-state index in [0.29, 0.717) is 43.2 Å². The highest BCUT2D eigenvalue weighted by atomic mass is 16.5. The minimum atomic E-state index is -0.188. The first-order valence-corrected chi connectivity index (χ1v) is 10.4. The summed E-state index contributed by atoms with van der Waals surface area (Å²) in [5.41, 5.74) is 2.89. The number of aromatic amines is 1. The Labute approximate surface area is 176 Å². The van der Waals surface area contributed by atoms with Crippen LogP contribution in [0.15, 0.2) is 18.2 Å². The zero-order valence-corrected chi connectivity index (χ0v) is 17.9. The van der Waals surface area contributed by atoms with Crippen molar-refractivity contribution in [2.75, 3.05) is 27.3 Å². The second-order valence-corrected chi connectivity index (χ2v) is 7.41. The van der Waals surface area contributed by atoms with E-state index in [1.54, 1.807) is 31.3 Å². The number of aromatic nitrogens is 2. The molecule has 1 aliphatic heterocycles. The highest BCUT2D eigenvalue weighted by molar-refractivity contribution is 5.94. The second-order valence-electron chi connectivity index (χ2n) is 7.41. The minimum Gasteiger partial charge on any atom is -0.497 e. The molecule has 0 aliphatic carbocycles. The zero-order valence-electron chi connectivity index (χ0n) is 17.9. The lowest BCUT2D eigenvalue weighted by atomic mass is 10.0. The van der Waals surface area contributed by atoms with Crippen LogP contribution in [0.25, 0.3) is 0 Å². The van der Waals surface area contributed by atoms with Crippen LogP contribution >= 0.6 is 0 Å². The number of unbranched alkanes of at least 4 members (excludes halogenated alkanes) is 2. The average Bonchev–Trinajstić information content (AvgIpc) is 3.19. The first-order chi connectivity index (χ1) is 14.6. The molecule has 8 nitrogen and oxygen atoms in total. The predicted molar refractivity (Wildman–Crippen MR) is 113 cm³/mol. The van der Waals surface area contributed by atoms with Gasteiger partial charge in [0.2, 0.25) is 5.91 Å². The van der Waals surface area contributed by atoms with Gasteiger partial charge in [0.1, 0.15) is 11.5 Å². The fraction of sp³-hybridized carbons (Fsp3) is 0.500. The van der Waals surface area contributed by atoms with Gasteiger partial charge in [0.25, 0.3) is 5.91 Å². The third kappa shape index (κ3) is 4.93. The van der Waals surface area contributed by atoms with Crippen molar-refractivity contribution in [2.45, 2.75) is 45.6 Å². The summed E-state index contributed by atoms with van der Waals surface area (Å²) < 4.78 is 10.7. The molecule has 1 aromatic heterocycles. The van der Waals surface area contributed by atoms with Crippen LogP contribution in [0, 0.1) is 0 Å². The van der Waals surface area contributed by atoms with Crippen LogP contribution in [-0.2, 0) is 24.2 Å². The molecule has 0 unspecified atom stereocenters. The van der Waals surface area contributed by atoms with Crippen molar-refractivity contribution in [1.29, 1.82) is 0 Å². The Morgan fingerprint density at radius 3 is 2.80 bits per heavy atom. The van der Waals surface area contributed by atoms with Crippen LogP contribution < -0.4 is 14.8 Å². The number of nitrogens with zero attached hydrogens (tertiary/aromatic N) is 2. The fourth-order valence-corrected chi connectivity index (χ4v) is 3.65. The van der Waals surface area contributed by atoms with E-state index >= 15 is 0 Å². The number of nitrogens with one attached hydrogen (secondary N) is 2. The van der Waals surface area contributed by atoms with Crippen molar-refractivity contribution < 1.29 is 19.1 Å². The standard InChI is InChI=1S/C22H30N4O4/c1-4-5-6-10-23-22(28)21-17-14-26(11-9-18(17)24-25-21)20(27)13-15-12-16(29-2)7-8-19(15)30-3/h7-8,12H,4-6,9-11,13-14H2,1-3H3,(H,23,28)(H,24,25). The van der Waals surface area contributed by atoms with Crippen LogP contribution in [0.4, 0.5) is 0 Å². The lowest BCUT2D eigenvalue weighted by Gasteiger charge is -2.27. The Morgan fingerprint density at radius 1 is 1.23 bits per heavy atom. The van der Waals surface area contributed by atoms with Gasteiger partial charge >= 0.3 is 0 Å². The predicted octanol–water partition coefficient (Wildman–Crippen LogP) is 2.47. The molecule has 0 bridgehead atoms. The van der Waals surface area contributed by atoms with Gasteiger partial charge in [-0.3, -0.25) is 14.7 Å². The summed E-state index contributed by atoms with van der Waals surface area (Å²) in [6, 6.07) is 5.42. The van der Waals surface area contributed by atoms with E-state index in [1.165, 1.54) is 0 Å². The summed E-state index contributed by atoms with van der Waals surface area (Å²) in [4.78, 5) is 27.3. The van der Waals surface area contributed by atoms with Gasteiger partial charge in [-0.15, -0.1) is 0 Å². The van der Waals surface area contributed by atoms with E-state index in [4.69, 9.17) is 9.47 Å². The van der Waals surface area contributed by atoms with Gasteiger partial charge in [-0.2, -0.15) is 5.10 Å². The molecule has 8 heteroatoms. The van der Waals surface area contributed by atoms with Gasteiger partial charge in [0.15, 0.2) is 5.69 Å². The normalized spacial score (nSPS) is 13.0. The summed E-state index contributed by atoms with van der Waals surface area (Å²) in [6.45, 7) is 3.71. The molecule has 1 aromatic carbocycles. The Kier molecular flexibility index (Phi) is 7.32. The number of carbonyl (C=O) groups is 2. The number of hydrogen-bond donors (Lipinski definition) is 2. The van der Waals surface area contributed by atoms with Crippen LogP contribution in [0.3, 0.4) is 0 Å². The number of amides is 2. The Hall–Kier alpha value is -3.03.